The Morgan fingerprint density at radius 1 is 1.38 bits per heavy atom. The number of pyridine rings is 1. The SMILES string of the molecule is CCOC(=N)c1cc(F)c(Cn2ccc3ncccc32)cc1Cl.Cl. The molecule has 1 aromatic carbocycles. The van der Waals surface area contributed by atoms with Crippen molar-refractivity contribution < 1.29 is 9.13 Å². The molecule has 1 N–H and O–H groups in total. The first kappa shape index (κ1) is 18.2. The Labute approximate surface area is 150 Å². The first-order valence-electron chi connectivity index (χ1n) is 7.19. The fraction of sp³-hybridized carbons (Fsp3) is 0.176. The molecule has 0 fully saturated rings. The number of ether oxygens (including phenoxy) is 1. The zero-order valence-corrected chi connectivity index (χ0v) is 14.5. The highest BCUT2D eigenvalue weighted by molar-refractivity contribution is 6.33. The molecule has 2 heterocycles. The van der Waals surface area contributed by atoms with Crippen LogP contribution in [0.3, 0.4) is 0 Å². The van der Waals surface area contributed by atoms with Gasteiger partial charge in [-0.2, -0.15) is 0 Å². The van der Waals surface area contributed by atoms with Crippen LogP contribution in [0.25, 0.3) is 11.0 Å². The van der Waals surface area contributed by atoms with Crippen LogP contribution in [-0.2, 0) is 11.3 Å². The molecular weight excluding hydrogens is 352 g/mol. The lowest BCUT2D eigenvalue weighted by molar-refractivity contribution is 0.325. The topological polar surface area (TPSA) is 50.9 Å². The predicted molar refractivity (Wildman–Crippen MR) is 95.9 cm³/mol. The third kappa shape index (κ3) is 3.52. The Morgan fingerprint density at radius 2 is 2.17 bits per heavy atom. The molecule has 0 amide bonds. The van der Waals surface area contributed by atoms with Crippen LogP contribution in [0.5, 0.6) is 0 Å². The maximum atomic E-state index is 14.4. The number of rotatable bonds is 4. The van der Waals surface area contributed by atoms with E-state index in [1.54, 1.807) is 19.2 Å². The van der Waals surface area contributed by atoms with Crippen LogP contribution < -0.4 is 0 Å². The molecule has 0 bridgehead atoms. The molecule has 0 atom stereocenters. The second kappa shape index (κ2) is 7.64. The van der Waals surface area contributed by atoms with Crippen LogP contribution in [0, 0.1) is 11.2 Å². The number of nitrogens with one attached hydrogen (secondary N) is 1. The lowest BCUT2D eigenvalue weighted by Crippen LogP contribution is -2.08. The van der Waals surface area contributed by atoms with E-state index in [1.807, 2.05) is 29.0 Å². The van der Waals surface area contributed by atoms with Crippen molar-refractivity contribution in [3.8, 4) is 0 Å². The molecule has 0 aliphatic heterocycles. The van der Waals surface area contributed by atoms with Crippen LogP contribution in [-0.4, -0.2) is 22.1 Å². The molecular formula is C17H16Cl2FN3O. The molecule has 3 rings (SSSR count). The van der Waals surface area contributed by atoms with E-state index in [4.69, 9.17) is 21.7 Å². The fourth-order valence-electron chi connectivity index (χ4n) is 2.45. The van der Waals surface area contributed by atoms with Crippen LogP contribution in [0.15, 0.2) is 42.7 Å². The predicted octanol–water partition coefficient (Wildman–Crippen LogP) is 4.66. The van der Waals surface area contributed by atoms with Gasteiger partial charge in [-0.3, -0.25) is 10.4 Å². The van der Waals surface area contributed by atoms with Gasteiger partial charge in [-0.1, -0.05) is 11.6 Å². The smallest absolute Gasteiger partial charge is 0.214 e. The summed E-state index contributed by atoms with van der Waals surface area (Å²) >= 11 is 6.18. The number of nitrogens with zero attached hydrogens (tertiary/aromatic N) is 2. The van der Waals surface area contributed by atoms with Crippen molar-refractivity contribution in [1.82, 2.24) is 9.55 Å². The summed E-state index contributed by atoms with van der Waals surface area (Å²) in [6.07, 6.45) is 3.58. The van der Waals surface area contributed by atoms with E-state index in [-0.39, 0.29) is 23.9 Å². The van der Waals surface area contributed by atoms with Gasteiger partial charge in [-0.15, -0.1) is 12.4 Å². The number of fused-ring (bicyclic) bond motifs is 1. The Bertz CT molecular complexity index is 879. The average molecular weight is 368 g/mol. The monoisotopic (exact) mass is 367 g/mol. The van der Waals surface area contributed by atoms with Gasteiger partial charge in [0.2, 0.25) is 5.90 Å². The Morgan fingerprint density at radius 3 is 2.92 bits per heavy atom. The van der Waals surface area contributed by atoms with Gasteiger partial charge in [0, 0.05) is 18.0 Å². The normalized spacial score (nSPS) is 10.5. The molecule has 126 valence electrons. The number of hydrogen-bond acceptors (Lipinski definition) is 3. The summed E-state index contributed by atoms with van der Waals surface area (Å²) in [7, 11) is 0. The summed E-state index contributed by atoms with van der Waals surface area (Å²) in [6.45, 7) is 2.43. The number of hydrogen-bond donors (Lipinski definition) is 1. The molecule has 2 aromatic heterocycles. The summed E-state index contributed by atoms with van der Waals surface area (Å²) in [5.41, 5.74) is 2.49. The summed E-state index contributed by atoms with van der Waals surface area (Å²) in [5.74, 6) is -0.543. The van der Waals surface area contributed by atoms with Gasteiger partial charge in [0.15, 0.2) is 0 Å². The van der Waals surface area contributed by atoms with Gasteiger partial charge in [-0.05, 0) is 37.3 Å². The first-order chi connectivity index (χ1) is 11.1. The second-order valence-electron chi connectivity index (χ2n) is 5.04. The molecule has 0 saturated heterocycles. The highest BCUT2D eigenvalue weighted by atomic mass is 35.5. The molecule has 24 heavy (non-hydrogen) atoms. The first-order valence-corrected chi connectivity index (χ1v) is 7.57. The molecule has 4 nitrogen and oxygen atoms in total. The van der Waals surface area contributed by atoms with Gasteiger partial charge >= 0.3 is 0 Å². The highest BCUT2D eigenvalue weighted by Crippen LogP contribution is 2.24. The third-order valence-corrected chi connectivity index (χ3v) is 3.86. The van der Waals surface area contributed by atoms with Gasteiger partial charge in [0.05, 0.1) is 34.8 Å². The molecule has 3 aromatic rings. The van der Waals surface area contributed by atoms with Crippen molar-refractivity contribution in [2.75, 3.05) is 6.61 Å². The summed E-state index contributed by atoms with van der Waals surface area (Å²) in [5, 5.41) is 8.06. The van der Waals surface area contributed by atoms with Crippen molar-refractivity contribution in [1.29, 1.82) is 5.41 Å². The average Bonchev–Trinajstić information content (AvgIpc) is 2.94. The molecule has 7 heteroatoms. The zero-order valence-electron chi connectivity index (χ0n) is 12.9. The minimum Gasteiger partial charge on any atom is -0.478 e. The van der Waals surface area contributed by atoms with Crippen molar-refractivity contribution in [2.24, 2.45) is 0 Å². The lowest BCUT2D eigenvalue weighted by atomic mass is 10.1. The number of benzene rings is 1. The maximum absolute atomic E-state index is 14.4. The zero-order chi connectivity index (χ0) is 16.4. The van der Waals surface area contributed by atoms with Gasteiger partial charge in [0.1, 0.15) is 5.82 Å². The van der Waals surface area contributed by atoms with E-state index in [9.17, 15) is 4.39 Å². The summed E-state index contributed by atoms with van der Waals surface area (Å²) in [4.78, 5) is 4.26. The van der Waals surface area contributed by atoms with E-state index in [2.05, 4.69) is 4.98 Å². The van der Waals surface area contributed by atoms with E-state index in [0.29, 0.717) is 23.7 Å². The van der Waals surface area contributed by atoms with E-state index < -0.39 is 5.82 Å². The molecule has 0 spiro atoms. The van der Waals surface area contributed by atoms with Gasteiger partial charge < -0.3 is 9.30 Å². The van der Waals surface area contributed by atoms with Crippen LogP contribution in [0.4, 0.5) is 4.39 Å². The molecule has 0 aliphatic carbocycles. The molecule has 0 saturated carbocycles. The van der Waals surface area contributed by atoms with Crippen molar-refractivity contribution in [3.05, 3.63) is 64.7 Å². The van der Waals surface area contributed by atoms with Crippen molar-refractivity contribution in [2.45, 2.75) is 13.5 Å². The van der Waals surface area contributed by atoms with Crippen LogP contribution >= 0.6 is 24.0 Å². The van der Waals surface area contributed by atoms with E-state index in [1.165, 1.54) is 6.07 Å². The van der Waals surface area contributed by atoms with Crippen molar-refractivity contribution >= 4 is 40.9 Å². The second-order valence-corrected chi connectivity index (χ2v) is 5.44. The minimum atomic E-state index is -0.417. The number of halogens is 3. The standard InChI is InChI=1S/C17H15ClFN3O.ClH/c1-2-23-17(20)12-9-14(19)11(8-13(12)18)10-22-7-5-15-16(22)4-3-6-21-15;/h3-9,20H,2,10H2,1H3;1H. The van der Waals surface area contributed by atoms with Crippen LogP contribution in [0.1, 0.15) is 18.1 Å². The number of aromatic nitrogens is 2. The quantitative estimate of drug-likeness (QED) is 0.538. The minimum absolute atomic E-state index is 0. The highest BCUT2D eigenvalue weighted by Gasteiger charge is 2.14. The molecule has 0 aliphatic rings. The fourth-order valence-corrected chi connectivity index (χ4v) is 2.72. The Balaban J connectivity index is 0.00000208. The van der Waals surface area contributed by atoms with Crippen molar-refractivity contribution in [3.63, 3.8) is 0 Å². The van der Waals surface area contributed by atoms with Gasteiger partial charge in [0.25, 0.3) is 0 Å². The lowest BCUT2D eigenvalue weighted by Gasteiger charge is -2.11. The Hall–Kier alpha value is -2.11. The Kier molecular flexibility index (Phi) is 5.80. The largest absolute Gasteiger partial charge is 0.478 e. The molecule has 0 unspecified atom stereocenters. The third-order valence-electron chi connectivity index (χ3n) is 3.55. The molecule has 0 radical (unpaired) electrons. The van der Waals surface area contributed by atoms with E-state index >= 15 is 0 Å². The van der Waals surface area contributed by atoms with Gasteiger partial charge in [-0.25, -0.2) is 4.39 Å². The summed E-state index contributed by atoms with van der Waals surface area (Å²) in [6, 6.07) is 8.45. The summed E-state index contributed by atoms with van der Waals surface area (Å²) < 4.78 is 21.4. The van der Waals surface area contributed by atoms with E-state index in [0.717, 1.165) is 11.0 Å². The van der Waals surface area contributed by atoms with Crippen LogP contribution in [0.2, 0.25) is 5.02 Å². The maximum Gasteiger partial charge on any atom is 0.214 e.